The van der Waals surface area contributed by atoms with Crippen LogP contribution in [-0.4, -0.2) is 53.2 Å². The van der Waals surface area contributed by atoms with Crippen molar-refractivity contribution in [1.82, 2.24) is 0 Å². The number of allylic oxidation sites excluding steroid dienone is 4. The molecule has 0 bridgehead atoms. The van der Waals surface area contributed by atoms with Gasteiger partial charge in [-0.15, -0.1) is 0 Å². The molecule has 0 atom stereocenters. The zero-order valence-electron chi connectivity index (χ0n) is 28.4. The van der Waals surface area contributed by atoms with E-state index in [1.807, 2.05) is 12.1 Å². The highest BCUT2D eigenvalue weighted by molar-refractivity contribution is 7.85. The number of carbonyl (C=O) groups is 1. The van der Waals surface area contributed by atoms with Crippen molar-refractivity contribution in [2.24, 2.45) is 10.8 Å². The number of anilines is 1. The van der Waals surface area contributed by atoms with Crippen LogP contribution in [0.25, 0.3) is 0 Å². The van der Waals surface area contributed by atoms with Gasteiger partial charge in [0.2, 0.25) is 5.69 Å². The van der Waals surface area contributed by atoms with Crippen LogP contribution in [0, 0.1) is 10.8 Å². The van der Waals surface area contributed by atoms with E-state index in [1.54, 1.807) is 0 Å². The van der Waals surface area contributed by atoms with E-state index in [9.17, 15) is 22.9 Å². The SMILES string of the molecule is CC[N+]1=C(C(C)(C)/C=C/C(C)(C)/C=C2/N(CCCCS(=O)(=O)O)c3ccccc3C2(C)C)C(C)(C)c2cc(CC(=O)O)ccc21. The maximum Gasteiger partial charge on any atom is 0.307 e. The van der Waals surface area contributed by atoms with E-state index in [0.29, 0.717) is 19.4 Å². The highest BCUT2D eigenvalue weighted by atomic mass is 32.2. The maximum atomic E-state index is 11.4. The molecule has 0 saturated heterocycles. The molecule has 2 aromatic rings. The van der Waals surface area contributed by atoms with Crippen LogP contribution in [0.1, 0.15) is 91.8 Å². The van der Waals surface area contributed by atoms with Gasteiger partial charge in [0.25, 0.3) is 10.1 Å². The van der Waals surface area contributed by atoms with Crippen LogP contribution in [0.15, 0.2) is 66.4 Å². The molecule has 0 unspecified atom stereocenters. The lowest BCUT2D eigenvalue weighted by atomic mass is 9.69. The molecule has 4 rings (SSSR count). The molecule has 2 aromatic carbocycles. The second-order valence-corrected chi connectivity index (χ2v) is 16.4. The number of unbranched alkanes of at least 4 members (excludes halogenated alkanes) is 1. The number of aliphatic carboxylic acids is 1. The molecule has 0 amide bonds. The number of carboxylic acid groups (broad SMARTS) is 1. The van der Waals surface area contributed by atoms with Crippen LogP contribution >= 0.6 is 0 Å². The van der Waals surface area contributed by atoms with Crippen LogP contribution in [0.2, 0.25) is 0 Å². The summed E-state index contributed by atoms with van der Waals surface area (Å²) in [6.45, 7) is 21.5. The van der Waals surface area contributed by atoms with Crippen molar-refractivity contribution in [2.45, 2.75) is 92.4 Å². The molecule has 0 radical (unpaired) electrons. The van der Waals surface area contributed by atoms with E-state index < -0.39 is 16.1 Å². The smallest absolute Gasteiger partial charge is 0.307 e. The Morgan fingerprint density at radius 2 is 1.62 bits per heavy atom. The van der Waals surface area contributed by atoms with Crippen molar-refractivity contribution >= 4 is 33.2 Å². The normalized spacial score (nSPS) is 18.6. The van der Waals surface area contributed by atoms with Crippen molar-refractivity contribution in [3.8, 4) is 0 Å². The number of rotatable bonds is 12. The van der Waals surface area contributed by atoms with Gasteiger partial charge in [0.05, 0.1) is 23.0 Å². The van der Waals surface area contributed by atoms with Gasteiger partial charge in [-0.3, -0.25) is 9.35 Å². The first kappa shape index (κ1) is 34.6. The van der Waals surface area contributed by atoms with Gasteiger partial charge in [-0.2, -0.15) is 13.0 Å². The van der Waals surface area contributed by atoms with Gasteiger partial charge >= 0.3 is 5.97 Å². The molecule has 0 saturated carbocycles. The first-order valence-electron chi connectivity index (χ1n) is 16.0. The van der Waals surface area contributed by atoms with Crippen LogP contribution in [-0.2, 0) is 32.2 Å². The summed E-state index contributed by atoms with van der Waals surface area (Å²) in [6, 6.07) is 14.5. The molecular weight excluding hydrogens is 584 g/mol. The number of nitrogens with zero attached hydrogens (tertiary/aromatic N) is 2. The fourth-order valence-electron chi connectivity index (χ4n) is 7.47. The predicted octanol–water partition coefficient (Wildman–Crippen LogP) is 7.67. The molecule has 7 nitrogen and oxygen atoms in total. The average molecular weight is 636 g/mol. The van der Waals surface area contributed by atoms with Gasteiger partial charge in [-0.05, 0) is 70.7 Å². The fraction of sp³-hybridized carbons (Fsp3) is 0.514. The molecule has 0 fully saturated rings. The Kier molecular flexibility index (Phi) is 9.37. The van der Waals surface area contributed by atoms with E-state index in [1.165, 1.54) is 17.0 Å². The molecule has 0 aromatic heterocycles. The highest BCUT2D eigenvalue weighted by Crippen LogP contribution is 2.50. The maximum absolute atomic E-state index is 11.4. The second kappa shape index (κ2) is 12.2. The minimum absolute atomic E-state index is 0.00867. The van der Waals surface area contributed by atoms with Gasteiger partial charge in [0.15, 0.2) is 5.71 Å². The molecule has 2 aliphatic rings. The zero-order chi connectivity index (χ0) is 33.6. The molecule has 2 aliphatic heterocycles. The van der Waals surface area contributed by atoms with Gasteiger partial charge < -0.3 is 10.0 Å². The lowest BCUT2D eigenvalue weighted by Crippen LogP contribution is -2.40. The summed E-state index contributed by atoms with van der Waals surface area (Å²) in [5.41, 5.74) is 6.85. The quantitative estimate of drug-likeness (QED) is 0.108. The Bertz CT molecular complexity index is 1680. The van der Waals surface area contributed by atoms with E-state index in [0.717, 1.165) is 29.0 Å². The van der Waals surface area contributed by atoms with Gasteiger partial charge in [0.1, 0.15) is 6.54 Å². The third-order valence-electron chi connectivity index (χ3n) is 9.44. The van der Waals surface area contributed by atoms with Crippen molar-refractivity contribution in [3.63, 3.8) is 0 Å². The Hall–Kier alpha value is -3.23. The van der Waals surface area contributed by atoms with Crippen molar-refractivity contribution in [1.29, 1.82) is 0 Å². The summed E-state index contributed by atoms with van der Waals surface area (Å²) in [7, 11) is -3.98. The molecular formula is C37H51N2O5S+. The minimum Gasteiger partial charge on any atom is -0.481 e. The Morgan fingerprint density at radius 3 is 2.24 bits per heavy atom. The van der Waals surface area contributed by atoms with Gasteiger partial charge in [-0.1, -0.05) is 70.2 Å². The van der Waals surface area contributed by atoms with E-state index >= 15 is 0 Å². The number of hydrogen-bond acceptors (Lipinski definition) is 4. The topological polar surface area (TPSA) is 97.9 Å². The van der Waals surface area contributed by atoms with Crippen molar-refractivity contribution in [3.05, 3.63) is 83.1 Å². The van der Waals surface area contributed by atoms with E-state index in [2.05, 4.69) is 120 Å². The Labute approximate surface area is 270 Å². The van der Waals surface area contributed by atoms with E-state index in [4.69, 9.17) is 0 Å². The molecule has 0 spiro atoms. The van der Waals surface area contributed by atoms with Gasteiger partial charge in [-0.25, -0.2) is 0 Å². The molecule has 45 heavy (non-hydrogen) atoms. The Morgan fingerprint density at radius 1 is 0.956 bits per heavy atom. The number of fused-ring (bicyclic) bond motifs is 2. The Balaban J connectivity index is 1.68. The zero-order valence-corrected chi connectivity index (χ0v) is 29.3. The monoisotopic (exact) mass is 635 g/mol. The summed E-state index contributed by atoms with van der Waals surface area (Å²) in [5, 5.41) is 9.39. The molecule has 244 valence electrons. The van der Waals surface area contributed by atoms with Crippen LogP contribution in [0.5, 0.6) is 0 Å². The highest BCUT2D eigenvalue weighted by Gasteiger charge is 2.51. The first-order chi connectivity index (χ1) is 20.7. The molecule has 2 heterocycles. The first-order valence-corrected chi connectivity index (χ1v) is 17.6. The molecule has 0 aliphatic carbocycles. The van der Waals surface area contributed by atoms with Gasteiger partial charge in [0, 0.05) is 40.4 Å². The average Bonchev–Trinajstić information content (AvgIpc) is 3.28. The molecule has 2 N–H and O–H groups in total. The third kappa shape index (κ3) is 7.12. The fourth-order valence-corrected chi connectivity index (χ4v) is 8.04. The van der Waals surface area contributed by atoms with Crippen molar-refractivity contribution in [2.75, 3.05) is 23.7 Å². The summed E-state index contributed by atoms with van der Waals surface area (Å²) >= 11 is 0. The molecule has 8 heteroatoms. The lowest BCUT2D eigenvalue weighted by molar-refractivity contribution is -0.437. The number of para-hydroxylation sites is 1. The second-order valence-electron chi connectivity index (χ2n) is 14.8. The number of benzene rings is 2. The number of carboxylic acids is 1. The predicted molar refractivity (Wildman–Crippen MR) is 184 cm³/mol. The van der Waals surface area contributed by atoms with Crippen molar-refractivity contribution < 1.29 is 27.4 Å². The standard InChI is InChI=1S/C37H50N2O5S/c1-10-38-30-18-17-26(24-32(40)41)23-28(30)37(8,9)33(38)35(4,5)20-19-34(2,3)25-31-36(6,7)27-15-11-12-16-29(27)39(31)21-13-14-22-45(42,43)44/h11-12,15-20,23,25H,10,13-14,21-22,24H2,1-9H3,(H-,40,41,42,43,44)/p+1/b20-19+,31-25+. The summed E-state index contributed by atoms with van der Waals surface area (Å²) in [6.07, 6.45) is 8.00. The summed E-state index contributed by atoms with van der Waals surface area (Å²) in [4.78, 5) is 13.8. The minimum atomic E-state index is -3.98. The largest absolute Gasteiger partial charge is 0.481 e. The summed E-state index contributed by atoms with van der Waals surface area (Å²) in [5.74, 6) is -1.06. The van der Waals surface area contributed by atoms with Crippen LogP contribution < -0.4 is 4.90 Å². The third-order valence-corrected chi connectivity index (χ3v) is 10.2. The summed E-state index contributed by atoms with van der Waals surface area (Å²) < 4.78 is 34.3. The van der Waals surface area contributed by atoms with Crippen LogP contribution in [0.3, 0.4) is 0 Å². The number of hydrogen-bond donors (Lipinski definition) is 2. The lowest BCUT2D eigenvalue weighted by Gasteiger charge is -2.32. The van der Waals surface area contributed by atoms with Crippen LogP contribution in [0.4, 0.5) is 11.4 Å². The van der Waals surface area contributed by atoms with E-state index in [-0.39, 0.29) is 33.8 Å².